The van der Waals surface area contributed by atoms with E-state index in [2.05, 4.69) is 15.4 Å². The maximum absolute atomic E-state index is 13.1. The van der Waals surface area contributed by atoms with Gasteiger partial charge in [0, 0.05) is 37.8 Å². The Kier molecular flexibility index (Phi) is 5.98. The number of methoxy groups -OCH3 is 1. The highest BCUT2D eigenvalue weighted by Gasteiger charge is 2.22. The average molecular weight is 473 g/mol. The van der Waals surface area contributed by atoms with Crippen LogP contribution in [0.4, 0.5) is 5.69 Å². The molecule has 0 atom stereocenters. The zero-order valence-electron chi connectivity index (χ0n) is 20.0. The lowest BCUT2D eigenvalue weighted by molar-refractivity contribution is -0.129. The number of carbonyl (C=O) groups is 1. The van der Waals surface area contributed by atoms with Crippen molar-refractivity contribution in [2.24, 2.45) is 0 Å². The molecule has 2 aromatic carbocycles. The Morgan fingerprint density at radius 2 is 1.89 bits per heavy atom. The number of anilines is 1. The van der Waals surface area contributed by atoms with Crippen LogP contribution in [0.25, 0.3) is 28.1 Å². The third-order valence-electron chi connectivity index (χ3n) is 6.47. The number of benzene rings is 2. The predicted molar refractivity (Wildman–Crippen MR) is 135 cm³/mol. The molecular weight excluding hydrogens is 444 g/mol. The van der Waals surface area contributed by atoms with Gasteiger partial charge in [0.25, 0.3) is 5.56 Å². The first-order valence-corrected chi connectivity index (χ1v) is 11.7. The number of nitrogens with zero attached hydrogens (tertiary/aromatic N) is 4. The Morgan fingerprint density at radius 1 is 1.14 bits per heavy atom. The van der Waals surface area contributed by atoms with Gasteiger partial charge in [0.15, 0.2) is 5.52 Å². The summed E-state index contributed by atoms with van der Waals surface area (Å²) >= 11 is 0. The molecule has 3 heterocycles. The number of H-pyrrole nitrogens is 1. The summed E-state index contributed by atoms with van der Waals surface area (Å²) in [7, 11) is 1.60. The number of hydrogen-bond acceptors (Lipinski definition) is 6. The van der Waals surface area contributed by atoms with Crippen molar-refractivity contribution in [2.75, 3.05) is 25.5 Å². The monoisotopic (exact) mass is 472 g/mol. The maximum Gasteiger partial charge on any atom is 0.277 e. The minimum atomic E-state index is -0.268. The number of amides is 1. The van der Waals surface area contributed by atoms with Crippen molar-refractivity contribution in [1.82, 2.24) is 24.6 Å². The van der Waals surface area contributed by atoms with Crippen molar-refractivity contribution in [3.05, 3.63) is 64.6 Å². The molecule has 1 saturated heterocycles. The van der Waals surface area contributed by atoms with Gasteiger partial charge in [-0.2, -0.15) is 5.10 Å². The molecule has 1 fully saturated rings. The summed E-state index contributed by atoms with van der Waals surface area (Å²) < 4.78 is 7.29. The second-order valence-corrected chi connectivity index (χ2v) is 8.78. The van der Waals surface area contributed by atoms with Crippen LogP contribution in [-0.4, -0.2) is 56.8 Å². The number of aromatic nitrogens is 4. The normalized spacial score (nSPS) is 14.3. The standard InChI is InChI=1S/C26H28N6O3/c1-16-23-24(32(30-16)20-7-5-4-6-8-20)26(34)29-25(28-23)21-10-9-19(15-22(21)35-3)27-18-11-13-31(14-12-18)17(2)33/h4-10,15,18,27H,11-14H2,1-3H3,(H,28,29,34). The molecule has 9 nitrogen and oxygen atoms in total. The van der Waals surface area contributed by atoms with Crippen molar-refractivity contribution in [1.29, 1.82) is 0 Å². The van der Waals surface area contributed by atoms with E-state index < -0.39 is 0 Å². The highest BCUT2D eigenvalue weighted by Crippen LogP contribution is 2.32. The summed E-state index contributed by atoms with van der Waals surface area (Å²) in [6, 6.07) is 15.6. The van der Waals surface area contributed by atoms with Gasteiger partial charge in [-0.1, -0.05) is 18.2 Å². The Morgan fingerprint density at radius 3 is 2.57 bits per heavy atom. The first kappa shape index (κ1) is 22.6. The van der Waals surface area contributed by atoms with E-state index in [9.17, 15) is 9.59 Å². The van der Waals surface area contributed by atoms with Gasteiger partial charge in [-0.25, -0.2) is 9.67 Å². The van der Waals surface area contributed by atoms with Crippen molar-refractivity contribution < 1.29 is 9.53 Å². The fourth-order valence-corrected chi connectivity index (χ4v) is 4.60. The number of carbonyl (C=O) groups excluding carboxylic acids is 1. The first-order valence-electron chi connectivity index (χ1n) is 11.7. The topological polar surface area (TPSA) is 105 Å². The van der Waals surface area contributed by atoms with Crippen LogP contribution in [0.1, 0.15) is 25.5 Å². The molecule has 35 heavy (non-hydrogen) atoms. The van der Waals surface area contributed by atoms with Crippen LogP contribution in [-0.2, 0) is 4.79 Å². The SMILES string of the molecule is COc1cc(NC2CCN(C(C)=O)CC2)ccc1-c1nc2c(C)nn(-c3ccccc3)c2c(=O)[nH]1. The molecular formula is C26H28N6O3. The average Bonchev–Trinajstić information content (AvgIpc) is 3.21. The van der Waals surface area contributed by atoms with E-state index in [0.29, 0.717) is 33.9 Å². The van der Waals surface area contributed by atoms with E-state index in [4.69, 9.17) is 9.72 Å². The summed E-state index contributed by atoms with van der Waals surface area (Å²) in [4.78, 5) is 34.3. The number of hydrogen-bond donors (Lipinski definition) is 2. The lowest BCUT2D eigenvalue weighted by atomic mass is 10.0. The highest BCUT2D eigenvalue weighted by atomic mass is 16.5. The van der Waals surface area contributed by atoms with Crippen molar-refractivity contribution in [3.63, 3.8) is 0 Å². The lowest BCUT2D eigenvalue weighted by Gasteiger charge is -2.32. The molecule has 0 unspecified atom stereocenters. The van der Waals surface area contributed by atoms with Gasteiger partial charge in [0.1, 0.15) is 17.1 Å². The summed E-state index contributed by atoms with van der Waals surface area (Å²) in [5.74, 6) is 1.15. The second-order valence-electron chi connectivity index (χ2n) is 8.78. The summed E-state index contributed by atoms with van der Waals surface area (Å²) in [5, 5.41) is 8.10. The largest absolute Gasteiger partial charge is 0.496 e. The number of aryl methyl sites for hydroxylation is 1. The molecule has 4 aromatic rings. The van der Waals surface area contributed by atoms with Crippen LogP contribution in [0.3, 0.4) is 0 Å². The van der Waals surface area contributed by atoms with Gasteiger partial charge in [-0.3, -0.25) is 9.59 Å². The zero-order valence-corrected chi connectivity index (χ0v) is 20.0. The molecule has 1 amide bonds. The number of fused-ring (bicyclic) bond motifs is 1. The van der Waals surface area contributed by atoms with Gasteiger partial charge >= 0.3 is 0 Å². The van der Waals surface area contributed by atoms with Crippen LogP contribution in [0, 0.1) is 6.92 Å². The van der Waals surface area contributed by atoms with Crippen LogP contribution < -0.4 is 15.6 Å². The van der Waals surface area contributed by atoms with E-state index >= 15 is 0 Å². The molecule has 0 aliphatic carbocycles. The van der Waals surface area contributed by atoms with E-state index in [1.807, 2.05) is 60.4 Å². The van der Waals surface area contributed by atoms with Gasteiger partial charge in [0.05, 0.1) is 24.1 Å². The van der Waals surface area contributed by atoms with Crippen molar-refractivity contribution in [2.45, 2.75) is 32.7 Å². The Hall–Kier alpha value is -4.14. The Balaban J connectivity index is 1.45. The Bertz CT molecular complexity index is 1430. The first-order chi connectivity index (χ1) is 16.9. The lowest BCUT2D eigenvalue weighted by Crippen LogP contribution is -2.41. The molecule has 1 aliphatic heterocycles. The molecule has 0 bridgehead atoms. The van der Waals surface area contributed by atoms with Gasteiger partial charge in [-0.15, -0.1) is 0 Å². The second kappa shape index (κ2) is 9.25. The molecule has 180 valence electrons. The van der Waals surface area contributed by atoms with E-state index in [0.717, 1.165) is 37.3 Å². The van der Waals surface area contributed by atoms with Gasteiger partial charge in [-0.05, 0) is 44.0 Å². The minimum absolute atomic E-state index is 0.123. The summed E-state index contributed by atoms with van der Waals surface area (Å²) in [6.45, 7) is 4.97. The zero-order chi connectivity index (χ0) is 24.5. The molecule has 1 aliphatic rings. The number of aromatic amines is 1. The van der Waals surface area contributed by atoms with E-state index in [-0.39, 0.29) is 17.5 Å². The maximum atomic E-state index is 13.1. The number of likely N-dealkylation sites (tertiary alicyclic amines) is 1. The Labute approximate surface area is 202 Å². The smallest absolute Gasteiger partial charge is 0.277 e. The number of ether oxygens (including phenoxy) is 1. The van der Waals surface area contributed by atoms with Crippen LogP contribution >= 0.6 is 0 Å². The molecule has 9 heteroatoms. The molecule has 2 N–H and O–H groups in total. The number of rotatable bonds is 5. The molecule has 0 radical (unpaired) electrons. The van der Waals surface area contributed by atoms with E-state index in [1.165, 1.54) is 0 Å². The van der Waals surface area contributed by atoms with Crippen molar-refractivity contribution >= 4 is 22.6 Å². The quantitative estimate of drug-likeness (QED) is 0.461. The van der Waals surface area contributed by atoms with Crippen molar-refractivity contribution in [3.8, 4) is 22.8 Å². The number of nitrogens with one attached hydrogen (secondary N) is 2. The van der Waals surface area contributed by atoms with Crippen LogP contribution in [0.5, 0.6) is 5.75 Å². The highest BCUT2D eigenvalue weighted by molar-refractivity contribution is 5.81. The third-order valence-corrected chi connectivity index (χ3v) is 6.47. The van der Waals surface area contributed by atoms with Crippen LogP contribution in [0.15, 0.2) is 53.3 Å². The molecule has 0 saturated carbocycles. The molecule has 0 spiro atoms. The molecule has 2 aromatic heterocycles. The van der Waals surface area contributed by atoms with Gasteiger partial charge < -0.3 is 19.9 Å². The fraction of sp³-hybridized carbons (Fsp3) is 0.308. The van der Waals surface area contributed by atoms with Gasteiger partial charge in [0.2, 0.25) is 5.91 Å². The summed E-state index contributed by atoms with van der Waals surface area (Å²) in [6.07, 6.45) is 1.78. The van der Waals surface area contributed by atoms with E-state index in [1.54, 1.807) is 18.7 Å². The fourth-order valence-electron chi connectivity index (χ4n) is 4.60. The third kappa shape index (κ3) is 4.37. The number of piperidine rings is 1. The minimum Gasteiger partial charge on any atom is -0.496 e. The summed E-state index contributed by atoms with van der Waals surface area (Å²) in [5.41, 5.74) is 3.77. The number of para-hydroxylation sites is 1. The predicted octanol–water partition coefficient (Wildman–Crippen LogP) is 3.52. The molecule has 5 rings (SSSR count). The van der Waals surface area contributed by atoms with Crippen LogP contribution in [0.2, 0.25) is 0 Å².